The number of nitrogens with one attached hydrogen (secondary N) is 2. The third-order valence-electron chi connectivity index (χ3n) is 4.37. The zero-order valence-electron chi connectivity index (χ0n) is 15.8. The molecule has 146 valence electrons. The lowest BCUT2D eigenvalue weighted by Crippen LogP contribution is -2.40. The van der Waals surface area contributed by atoms with Gasteiger partial charge in [0.05, 0.1) is 19.6 Å². The van der Waals surface area contributed by atoms with Crippen molar-refractivity contribution < 1.29 is 23.9 Å². The summed E-state index contributed by atoms with van der Waals surface area (Å²) in [6.07, 6.45) is 0.482. The van der Waals surface area contributed by atoms with Gasteiger partial charge < -0.3 is 15.4 Å². The number of esters is 1. The fourth-order valence-corrected chi connectivity index (χ4v) is 2.87. The normalized spacial score (nSPS) is 16.6. The summed E-state index contributed by atoms with van der Waals surface area (Å²) < 4.78 is 4.70. The predicted molar refractivity (Wildman–Crippen MR) is 97.5 cm³/mol. The van der Waals surface area contributed by atoms with E-state index in [0.29, 0.717) is 6.42 Å². The molecule has 1 aliphatic heterocycles. The summed E-state index contributed by atoms with van der Waals surface area (Å²) in [7, 11) is 1.30. The number of amides is 4. The molecule has 2 rings (SSSR count). The van der Waals surface area contributed by atoms with Crippen LogP contribution in [0.2, 0.25) is 0 Å². The average molecular weight is 375 g/mol. The molecule has 1 unspecified atom stereocenters. The molecule has 8 heteroatoms. The number of ether oxygens (including phenoxy) is 1. The van der Waals surface area contributed by atoms with Gasteiger partial charge >= 0.3 is 12.0 Å². The van der Waals surface area contributed by atoms with Gasteiger partial charge in [0.15, 0.2) is 0 Å². The summed E-state index contributed by atoms with van der Waals surface area (Å²) >= 11 is 0. The van der Waals surface area contributed by atoms with E-state index in [2.05, 4.69) is 10.6 Å². The van der Waals surface area contributed by atoms with Gasteiger partial charge in [0.1, 0.15) is 5.54 Å². The van der Waals surface area contributed by atoms with Crippen molar-refractivity contribution >= 4 is 23.8 Å². The molecule has 0 saturated carbocycles. The standard InChI is InChI=1S/C19H25N3O5/c1-19(2)17(25)22(18(26)21-19)11-7-10-15(23)20-14(12-16(24)27-3)13-8-5-4-6-9-13/h4-6,8-9,14H,7,10-12H2,1-3H3,(H,20,23)(H,21,26). The summed E-state index contributed by atoms with van der Waals surface area (Å²) in [6.45, 7) is 3.43. The van der Waals surface area contributed by atoms with Crippen LogP contribution in [0.5, 0.6) is 0 Å². The van der Waals surface area contributed by atoms with Gasteiger partial charge in [-0.1, -0.05) is 30.3 Å². The Morgan fingerprint density at radius 1 is 1.22 bits per heavy atom. The van der Waals surface area contributed by atoms with E-state index in [1.807, 2.05) is 30.3 Å². The minimum atomic E-state index is -0.918. The van der Waals surface area contributed by atoms with Gasteiger partial charge in [-0.3, -0.25) is 19.3 Å². The number of carbonyl (C=O) groups excluding carboxylic acids is 4. The molecule has 1 aromatic rings. The second-order valence-electron chi connectivity index (χ2n) is 6.93. The zero-order valence-corrected chi connectivity index (χ0v) is 15.8. The predicted octanol–water partition coefficient (Wildman–Crippen LogP) is 1.52. The quantitative estimate of drug-likeness (QED) is 0.529. The van der Waals surface area contributed by atoms with Crippen molar-refractivity contribution in [1.82, 2.24) is 15.5 Å². The van der Waals surface area contributed by atoms with Gasteiger partial charge in [-0.05, 0) is 25.8 Å². The Labute approximate surface area is 158 Å². The van der Waals surface area contributed by atoms with Crippen molar-refractivity contribution in [3.8, 4) is 0 Å². The molecular weight excluding hydrogens is 350 g/mol. The van der Waals surface area contributed by atoms with E-state index in [4.69, 9.17) is 4.74 Å². The maximum Gasteiger partial charge on any atom is 0.325 e. The lowest BCUT2D eigenvalue weighted by atomic mass is 10.0. The monoisotopic (exact) mass is 375 g/mol. The highest BCUT2D eigenvalue weighted by Gasteiger charge is 2.43. The fourth-order valence-electron chi connectivity index (χ4n) is 2.87. The third kappa shape index (κ3) is 5.29. The van der Waals surface area contributed by atoms with Crippen molar-refractivity contribution in [1.29, 1.82) is 0 Å². The Bertz CT molecular complexity index is 717. The first kappa shape index (κ1) is 20.4. The third-order valence-corrected chi connectivity index (χ3v) is 4.37. The molecule has 27 heavy (non-hydrogen) atoms. The number of hydrogen-bond acceptors (Lipinski definition) is 5. The van der Waals surface area contributed by atoms with E-state index in [0.717, 1.165) is 10.5 Å². The van der Waals surface area contributed by atoms with Crippen LogP contribution in [0, 0.1) is 0 Å². The smallest absolute Gasteiger partial charge is 0.325 e. The van der Waals surface area contributed by atoms with E-state index in [9.17, 15) is 19.2 Å². The number of hydrogen-bond donors (Lipinski definition) is 2. The van der Waals surface area contributed by atoms with Crippen molar-refractivity contribution in [3.05, 3.63) is 35.9 Å². The highest BCUT2D eigenvalue weighted by Crippen LogP contribution is 2.19. The molecule has 0 aliphatic carbocycles. The van der Waals surface area contributed by atoms with Crippen LogP contribution in [0.15, 0.2) is 30.3 Å². The summed E-state index contributed by atoms with van der Waals surface area (Å²) in [5.41, 5.74) is -0.120. The molecule has 1 saturated heterocycles. The van der Waals surface area contributed by atoms with Crippen LogP contribution in [0.1, 0.15) is 44.7 Å². The fraction of sp³-hybridized carbons (Fsp3) is 0.474. The minimum Gasteiger partial charge on any atom is -0.469 e. The van der Waals surface area contributed by atoms with E-state index >= 15 is 0 Å². The molecule has 1 aliphatic rings. The largest absolute Gasteiger partial charge is 0.469 e. The van der Waals surface area contributed by atoms with E-state index in [1.54, 1.807) is 13.8 Å². The Morgan fingerprint density at radius 3 is 2.44 bits per heavy atom. The number of benzene rings is 1. The van der Waals surface area contributed by atoms with E-state index in [1.165, 1.54) is 7.11 Å². The second kappa shape index (κ2) is 8.66. The van der Waals surface area contributed by atoms with E-state index in [-0.39, 0.29) is 31.2 Å². The van der Waals surface area contributed by atoms with Crippen molar-refractivity contribution in [2.24, 2.45) is 0 Å². The number of carbonyl (C=O) groups is 4. The Kier molecular flexibility index (Phi) is 6.55. The van der Waals surface area contributed by atoms with Gasteiger partial charge in [0, 0.05) is 13.0 Å². The van der Waals surface area contributed by atoms with Crippen molar-refractivity contribution in [2.45, 2.75) is 44.7 Å². The highest BCUT2D eigenvalue weighted by molar-refractivity contribution is 6.06. The highest BCUT2D eigenvalue weighted by atomic mass is 16.5. The maximum atomic E-state index is 12.3. The Hall–Kier alpha value is -2.90. The van der Waals surface area contributed by atoms with Gasteiger partial charge in [-0.15, -0.1) is 0 Å². The first-order chi connectivity index (χ1) is 12.7. The molecule has 0 radical (unpaired) electrons. The number of rotatable bonds is 8. The molecule has 0 aromatic heterocycles. The lowest BCUT2D eigenvalue weighted by molar-refractivity contribution is -0.141. The van der Waals surface area contributed by atoms with Gasteiger partial charge in [-0.25, -0.2) is 4.79 Å². The zero-order chi connectivity index (χ0) is 20.0. The van der Waals surface area contributed by atoms with Crippen LogP contribution in [-0.2, 0) is 19.1 Å². The molecule has 1 atom stereocenters. The lowest BCUT2D eigenvalue weighted by Gasteiger charge is -2.19. The minimum absolute atomic E-state index is 0.0213. The molecule has 0 bridgehead atoms. The topological polar surface area (TPSA) is 105 Å². The maximum absolute atomic E-state index is 12.3. The first-order valence-electron chi connectivity index (χ1n) is 8.80. The summed E-state index contributed by atoms with van der Waals surface area (Å²) in [4.78, 5) is 49.0. The molecule has 1 aromatic carbocycles. The first-order valence-corrected chi connectivity index (χ1v) is 8.80. The number of nitrogens with zero attached hydrogens (tertiary/aromatic N) is 1. The van der Waals surface area contributed by atoms with Gasteiger partial charge in [0.25, 0.3) is 5.91 Å². The Balaban J connectivity index is 1.89. The molecular formula is C19H25N3O5. The van der Waals surface area contributed by atoms with Gasteiger partial charge in [-0.2, -0.15) is 0 Å². The van der Waals surface area contributed by atoms with Crippen LogP contribution in [0.25, 0.3) is 0 Å². The van der Waals surface area contributed by atoms with E-state index < -0.39 is 23.6 Å². The van der Waals surface area contributed by atoms with Crippen LogP contribution in [-0.4, -0.2) is 47.9 Å². The van der Waals surface area contributed by atoms with Crippen molar-refractivity contribution in [3.63, 3.8) is 0 Å². The summed E-state index contributed by atoms with van der Waals surface area (Å²) in [5, 5.41) is 5.42. The molecule has 8 nitrogen and oxygen atoms in total. The Morgan fingerprint density at radius 2 is 1.89 bits per heavy atom. The molecule has 0 spiro atoms. The van der Waals surface area contributed by atoms with Crippen LogP contribution < -0.4 is 10.6 Å². The van der Waals surface area contributed by atoms with Crippen LogP contribution in [0.3, 0.4) is 0 Å². The molecule has 4 amide bonds. The number of urea groups is 1. The molecule has 1 fully saturated rings. The summed E-state index contributed by atoms with van der Waals surface area (Å²) in [5.74, 6) is -0.995. The average Bonchev–Trinajstić information content (AvgIpc) is 2.83. The SMILES string of the molecule is COC(=O)CC(NC(=O)CCCN1C(=O)NC(C)(C)C1=O)c1ccccc1. The van der Waals surface area contributed by atoms with Crippen molar-refractivity contribution in [2.75, 3.05) is 13.7 Å². The van der Waals surface area contributed by atoms with Crippen LogP contribution >= 0.6 is 0 Å². The number of imide groups is 1. The van der Waals surface area contributed by atoms with Gasteiger partial charge in [0.2, 0.25) is 5.91 Å². The number of methoxy groups -OCH3 is 1. The summed E-state index contributed by atoms with van der Waals surface area (Å²) in [6, 6.07) is 8.20. The molecule has 1 heterocycles. The second-order valence-corrected chi connectivity index (χ2v) is 6.93. The van der Waals surface area contributed by atoms with Crippen LogP contribution in [0.4, 0.5) is 4.79 Å². The molecule has 2 N–H and O–H groups in total.